The number of hydrogen-bond donors (Lipinski definition) is 0. The average Bonchev–Trinajstić information content (AvgIpc) is 3.27. The molecule has 1 aliphatic heterocycles. The van der Waals surface area contributed by atoms with Crippen molar-refractivity contribution < 1.29 is 33.4 Å². The predicted octanol–water partition coefficient (Wildman–Crippen LogP) is 2.88. The van der Waals surface area contributed by atoms with Crippen molar-refractivity contribution in [3.63, 3.8) is 0 Å². The molecular weight excluding hydrogens is 412 g/mol. The van der Waals surface area contributed by atoms with Crippen LogP contribution in [0, 0.1) is 40.4 Å². The average molecular weight is 447 g/mol. The van der Waals surface area contributed by atoms with Crippen molar-refractivity contribution in [1.82, 2.24) is 0 Å². The first-order valence-electron chi connectivity index (χ1n) is 12.1. The van der Waals surface area contributed by atoms with Crippen LogP contribution in [-0.2, 0) is 33.4 Å². The zero-order valence-corrected chi connectivity index (χ0v) is 19.3. The Kier molecular flexibility index (Phi) is 5.27. The lowest BCUT2D eigenvalue weighted by molar-refractivity contribution is -0.177. The number of Topliss-reactive ketones (excluding diaryl/α,β-unsaturated/α-hetero) is 2. The smallest absolute Gasteiger partial charge is 0.303 e. The van der Waals surface area contributed by atoms with Crippen LogP contribution in [0.25, 0.3) is 0 Å². The summed E-state index contributed by atoms with van der Waals surface area (Å²) in [6.07, 6.45) is 5.19. The first-order valence-corrected chi connectivity index (χ1v) is 12.1. The van der Waals surface area contributed by atoms with E-state index in [4.69, 9.17) is 14.2 Å². The van der Waals surface area contributed by atoms with Gasteiger partial charge in [-0.05, 0) is 61.7 Å². The van der Waals surface area contributed by atoms with E-state index in [0.29, 0.717) is 30.8 Å². The molecule has 0 aromatic carbocycles. The van der Waals surface area contributed by atoms with Crippen molar-refractivity contribution in [2.75, 3.05) is 13.2 Å². The fourth-order valence-corrected chi connectivity index (χ4v) is 8.79. The molecule has 1 heterocycles. The highest BCUT2D eigenvalue weighted by molar-refractivity contribution is 5.87. The number of rotatable bonds is 4. The van der Waals surface area contributed by atoms with Crippen LogP contribution in [-0.4, -0.2) is 48.9 Å². The monoisotopic (exact) mass is 446 g/mol. The van der Waals surface area contributed by atoms with E-state index in [-0.39, 0.29) is 52.9 Å². The molecular formula is C25H34O7. The van der Waals surface area contributed by atoms with Crippen LogP contribution in [0.5, 0.6) is 0 Å². The summed E-state index contributed by atoms with van der Waals surface area (Å²) in [5.41, 5.74) is -0.260. The summed E-state index contributed by atoms with van der Waals surface area (Å²) in [6.45, 7) is 5.43. The van der Waals surface area contributed by atoms with Crippen LogP contribution >= 0.6 is 0 Å². The predicted molar refractivity (Wildman–Crippen MR) is 112 cm³/mol. The Morgan fingerprint density at radius 2 is 1.81 bits per heavy atom. The van der Waals surface area contributed by atoms with Crippen molar-refractivity contribution >= 4 is 23.5 Å². The van der Waals surface area contributed by atoms with Crippen molar-refractivity contribution in [1.29, 1.82) is 0 Å². The van der Waals surface area contributed by atoms with Crippen molar-refractivity contribution in [3.05, 3.63) is 0 Å². The molecule has 9 atom stereocenters. The second-order valence-corrected chi connectivity index (χ2v) is 11.1. The topological polar surface area (TPSA) is 96.0 Å². The second kappa shape index (κ2) is 7.64. The van der Waals surface area contributed by atoms with Crippen molar-refractivity contribution in [2.24, 2.45) is 40.4 Å². The Morgan fingerprint density at radius 3 is 2.53 bits per heavy atom. The summed E-state index contributed by atoms with van der Waals surface area (Å²) in [4.78, 5) is 48.6. The molecule has 0 aromatic heterocycles. The van der Waals surface area contributed by atoms with Gasteiger partial charge in [0.2, 0.25) is 0 Å². The van der Waals surface area contributed by atoms with Crippen molar-refractivity contribution in [3.8, 4) is 0 Å². The molecule has 32 heavy (non-hydrogen) atoms. The van der Waals surface area contributed by atoms with Gasteiger partial charge in [0.25, 0.3) is 0 Å². The molecule has 0 radical (unpaired) electrons. The molecule has 0 amide bonds. The van der Waals surface area contributed by atoms with E-state index in [1.807, 2.05) is 0 Å². The maximum atomic E-state index is 13.0. The minimum atomic E-state index is -0.639. The van der Waals surface area contributed by atoms with Crippen LogP contribution in [0.15, 0.2) is 0 Å². The van der Waals surface area contributed by atoms with Crippen molar-refractivity contribution in [2.45, 2.75) is 77.9 Å². The number of ketones is 2. The highest BCUT2D eigenvalue weighted by atomic mass is 16.5. The Balaban J connectivity index is 1.42. The fourth-order valence-electron chi connectivity index (χ4n) is 8.79. The van der Waals surface area contributed by atoms with Crippen LogP contribution in [0.4, 0.5) is 0 Å². The van der Waals surface area contributed by atoms with Crippen LogP contribution in [0.3, 0.4) is 0 Å². The van der Waals surface area contributed by atoms with E-state index < -0.39 is 12.1 Å². The molecule has 5 aliphatic rings. The Labute approximate surface area is 188 Å². The third kappa shape index (κ3) is 3.10. The molecule has 1 saturated heterocycles. The highest BCUT2D eigenvalue weighted by Crippen LogP contribution is 2.70. The van der Waals surface area contributed by atoms with Crippen LogP contribution < -0.4 is 0 Å². The minimum absolute atomic E-state index is 0.0308. The summed E-state index contributed by atoms with van der Waals surface area (Å²) >= 11 is 0. The Hall–Kier alpha value is -1.76. The van der Waals surface area contributed by atoms with Gasteiger partial charge in [-0.1, -0.05) is 6.92 Å². The van der Waals surface area contributed by atoms with Gasteiger partial charge in [-0.3, -0.25) is 19.2 Å². The number of carbonyl (C=O) groups is 4. The third-order valence-corrected chi connectivity index (χ3v) is 9.83. The molecule has 7 heteroatoms. The van der Waals surface area contributed by atoms with E-state index in [9.17, 15) is 19.2 Å². The molecule has 0 bridgehead atoms. The van der Waals surface area contributed by atoms with Gasteiger partial charge in [0.15, 0.2) is 17.7 Å². The van der Waals surface area contributed by atoms with E-state index in [0.717, 1.165) is 38.5 Å². The summed E-state index contributed by atoms with van der Waals surface area (Å²) in [5.74, 6) is 0.439. The zero-order chi connectivity index (χ0) is 22.8. The summed E-state index contributed by atoms with van der Waals surface area (Å²) in [6, 6.07) is 0. The van der Waals surface area contributed by atoms with Gasteiger partial charge in [-0.15, -0.1) is 0 Å². The van der Waals surface area contributed by atoms with Crippen LogP contribution in [0.2, 0.25) is 0 Å². The highest BCUT2D eigenvalue weighted by Gasteiger charge is 2.69. The summed E-state index contributed by atoms with van der Waals surface area (Å²) in [7, 11) is 0. The Bertz CT molecular complexity index is 851. The van der Waals surface area contributed by atoms with Gasteiger partial charge < -0.3 is 14.2 Å². The first kappa shape index (κ1) is 22.1. The van der Waals surface area contributed by atoms with Gasteiger partial charge in [0.05, 0.1) is 12.7 Å². The maximum Gasteiger partial charge on any atom is 0.303 e. The standard InChI is InChI=1S/C25H34O7/c1-13(26)30-11-20(29)17-7-6-16-15-4-5-18-23(32-14(2)27)19(28)8-9-25(18)12-31-21(22(15)25)10-24(16,17)3/h15-18,21-23H,4-12H2,1-3H3/t15-,16-,17+,18?,21-,22+,23?,24-,25+/m0/s1. The molecule has 0 aromatic rings. The molecule has 5 rings (SSSR count). The van der Waals surface area contributed by atoms with E-state index in [2.05, 4.69) is 6.92 Å². The Morgan fingerprint density at radius 1 is 1.06 bits per heavy atom. The second-order valence-electron chi connectivity index (χ2n) is 11.1. The lowest BCUT2D eigenvalue weighted by Gasteiger charge is -2.59. The number of hydrogen-bond acceptors (Lipinski definition) is 7. The number of ether oxygens (including phenoxy) is 3. The molecule has 2 unspecified atom stereocenters. The molecule has 5 fully saturated rings. The van der Waals surface area contributed by atoms with Crippen LogP contribution in [0.1, 0.15) is 65.7 Å². The third-order valence-electron chi connectivity index (χ3n) is 9.83. The minimum Gasteiger partial charge on any atom is -0.458 e. The lowest BCUT2D eigenvalue weighted by Crippen LogP contribution is -2.60. The van der Waals surface area contributed by atoms with Gasteiger partial charge in [-0.25, -0.2) is 0 Å². The maximum absolute atomic E-state index is 13.0. The van der Waals surface area contributed by atoms with E-state index in [1.165, 1.54) is 13.8 Å². The molecule has 4 saturated carbocycles. The summed E-state index contributed by atoms with van der Waals surface area (Å²) in [5, 5.41) is 0. The number of esters is 2. The molecule has 1 spiro atoms. The molecule has 176 valence electrons. The van der Waals surface area contributed by atoms with Gasteiger partial charge >= 0.3 is 11.9 Å². The molecule has 7 nitrogen and oxygen atoms in total. The van der Waals surface area contributed by atoms with Gasteiger partial charge in [0, 0.05) is 37.5 Å². The number of fused-ring (bicyclic) bond motifs is 2. The molecule has 4 aliphatic carbocycles. The zero-order valence-electron chi connectivity index (χ0n) is 19.3. The number of carbonyl (C=O) groups excluding carboxylic acids is 4. The quantitative estimate of drug-likeness (QED) is 0.613. The largest absolute Gasteiger partial charge is 0.458 e. The SMILES string of the molecule is CC(=O)OCC(=O)[C@H]1CC[C@H]2[C@@H]3CCC4C(OC(C)=O)C(=O)CC[C@@]45CO[C@@H](C[C@]12C)[C@@H]35. The van der Waals surface area contributed by atoms with Gasteiger partial charge in [-0.2, -0.15) is 0 Å². The lowest BCUT2D eigenvalue weighted by atomic mass is 9.44. The van der Waals surface area contributed by atoms with E-state index >= 15 is 0 Å². The summed E-state index contributed by atoms with van der Waals surface area (Å²) < 4.78 is 17.1. The van der Waals surface area contributed by atoms with Gasteiger partial charge in [0.1, 0.15) is 6.61 Å². The first-order chi connectivity index (χ1) is 15.2. The van der Waals surface area contributed by atoms with E-state index in [1.54, 1.807) is 0 Å². The molecule has 0 N–H and O–H groups in total. The normalized spacial score (nSPS) is 46.6. The fraction of sp³-hybridized carbons (Fsp3) is 0.840.